The summed E-state index contributed by atoms with van der Waals surface area (Å²) in [7, 11) is 7.07. The van der Waals surface area contributed by atoms with E-state index in [-0.39, 0.29) is 34.4 Å². The molecule has 0 saturated carbocycles. The summed E-state index contributed by atoms with van der Waals surface area (Å²) in [6.45, 7) is 1.95. The van der Waals surface area contributed by atoms with Gasteiger partial charge in [0.05, 0.1) is 46.7 Å². The van der Waals surface area contributed by atoms with Crippen molar-refractivity contribution in [1.29, 1.82) is 0 Å². The molecule has 3 aliphatic rings. The van der Waals surface area contributed by atoms with Crippen LogP contribution in [-0.2, 0) is 19.1 Å². The number of phenols is 1. The number of methoxy groups -OCH3 is 2. The van der Waals surface area contributed by atoms with Gasteiger partial charge in [-0.2, -0.15) is 0 Å². The fraction of sp³-hybridized carbons (Fsp3) is 0.0943. The van der Waals surface area contributed by atoms with Crippen LogP contribution in [0.5, 0.6) is 17.2 Å². The molecule has 2 fully saturated rings. The van der Waals surface area contributed by atoms with Crippen LogP contribution in [0.3, 0.4) is 0 Å². The number of imide groups is 1. The zero-order chi connectivity index (χ0) is 50.1. The van der Waals surface area contributed by atoms with Crippen LogP contribution in [0.15, 0.2) is 164 Å². The first-order valence-electron chi connectivity index (χ1n) is 21.1. The van der Waals surface area contributed by atoms with Crippen LogP contribution in [0.1, 0.15) is 27.8 Å². The van der Waals surface area contributed by atoms with Gasteiger partial charge in [0.15, 0.2) is 10.0 Å². The number of thioether (sulfide) groups is 2. The Morgan fingerprint density at radius 3 is 1.91 bits per heavy atom. The minimum Gasteiger partial charge on any atom is -0.508 e. The van der Waals surface area contributed by atoms with Crippen molar-refractivity contribution in [3.05, 3.63) is 192 Å². The average molecular weight is 1070 g/mol. The number of thiocarbonyl (C=S) groups is 1. The van der Waals surface area contributed by atoms with E-state index in [2.05, 4.69) is 20.9 Å². The van der Waals surface area contributed by atoms with Crippen molar-refractivity contribution < 1.29 is 38.5 Å². The number of cyclic esters (lactones) is 1. The zero-order valence-electron chi connectivity index (χ0n) is 38.1. The van der Waals surface area contributed by atoms with Crippen LogP contribution in [-0.4, -0.2) is 66.7 Å². The highest BCUT2D eigenvalue weighted by atomic mass is 79.9. The normalized spacial score (nSPS) is 16.0. The van der Waals surface area contributed by atoms with Crippen molar-refractivity contribution in [2.75, 3.05) is 43.0 Å². The molecule has 70 heavy (non-hydrogen) atoms. The molecular weight excluding hydrogens is 1030 g/mol. The second-order valence-electron chi connectivity index (χ2n) is 15.3. The number of carbonyl (C=O) groups excluding carboxylic acids is 4. The Balaban J connectivity index is 0.000000155. The Morgan fingerprint density at radius 2 is 1.29 bits per heavy atom. The maximum Gasteiger partial charge on any atom is 0.363 e. The molecule has 6 aromatic rings. The molecule has 6 aromatic carbocycles. The van der Waals surface area contributed by atoms with Crippen molar-refractivity contribution in [2.45, 2.75) is 6.92 Å². The summed E-state index contributed by atoms with van der Waals surface area (Å²) in [6.07, 6.45) is 5.17. The number of esters is 1. The molecule has 2 saturated heterocycles. The first-order chi connectivity index (χ1) is 33.6. The number of amides is 3. The van der Waals surface area contributed by atoms with Gasteiger partial charge in [-0.25, -0.2) is 14.7 Å². The number of benzene rings is 6. The second-order valence-corrected chi connectivity index (χ2v) is 19.3. The first kappa shape index (κ1) is 50.9. The molecule has 354 valence electrons. The number of rotatable bonds is 9. The standard InChI is InChI=1S/C19H17BrN2O3.C17H12ClNO2S2.C17H13NO3S/c1-22(2)16-9-8-12(10-14(16)20)11-15-19(23)25-18(21-15)13-6-4-5-7-17(13)24-3;1-21-14-5-3-2-4-13(14)19-16(20)15(23-17(19)22)10-11-6-8-12(18)9-7-11;1-11-2-6-13(7-3-11)18-16(20)15(22-17(18)21)10-12-4-8-14(19)9-5-12/h4-11H,1-3H3;2-10H,1H3;2-10,19H,1H3/b15-11-;2*15-10-. The number of aromatic hydroxyl groups is 1. The molecule has 0 atom stereocenters. The molecular formula is C53H42BrClN4O8S3. The lowest BCUT2D eigenvalue weighted by atomic mass is 10.1. The molecule has 3 amide bonds. The van der Waals surface area contributed by atoms with E-state index in [0.29, 0.717) is 47.6 Å². The maximum absolute atomic E-state index is 12.7. The fourth-order valence-corrected chi connectivity index (χ4v) is 9.79. The van der Waals surface area contributed by atoms with Gasteiger partial charge in [0.1, 0.15) is 17.2 Å². The van der Waals surface area contributed by atoms with Crippen LogP contribution >= 0.6 is 63.3 Å². The van der Waals surface area contributed by atoms with Crippen molar-refractivity contribution in [2.24, 2.45) is 4.99 Å². The Kier molecular flexibility index (Phi) is 16.8. The molecule has 12 nitrogen and oxygen atoms in total. The van der Waals surface area contributed by atoms with Crippen LogP contribution in [0.2, 0.25) is 5.02 Å². The van der Waals surface area contributed by atoms with Crippen molar-refractivity contribution in [1.82, 2.24) is 0 Å². The summed E-state index contributed by atoms with van der Waals surface area (Å²) >= 11 is 17.0. The van der Waals surface area contributed by atoms with Gasteiger partial charge in [0.2, 0.25) is 5.90 Å². The van der Waals surface area contributed by atoms with Gasteiger partial charge in [-0.3, -0.25) is 19.3 Å². The highest BCUT2D eigenvalue weighted by Crippen LogP contribution is 2.40. The number of aryl methyl sites for hydroxylation is 1. The van der Waals surface area contributed by atoms with E-state index >= 15 is 0 Å². The lowest BCUT2D eigenvalue weighted by Gasteiger charge is -2.17. The summed E-state index contributed by atoms with van der Waals surface area (Å²) in [5, 5.41) is 9.62. The summed E-state index contributed by atoms with van der Waals surface area (Å²) in [5.74, 6) is 0.660. The Hall–Kier alpha value is -6.95. The molecule has 9 rings (SSSR count). The summed E-state index contributed by atoms with van der Waals surface area (Å²) in [5.41, 5.74) is 6.75. The quantitative estimate of drug-likeness (QED) is 0.0838. The number of halogens is 2. The number of para-hydroxylation sites is 3. The summed E-state index contributed by atoms with van der Waals surface area (Å²) in [4.78, 5) is 59.4. The third-order valence-corrected chi connectivity index (χ3v) is 13.3. The molecule has 0 radical (unpaired) electrons. The van der Waals surface area contributed by atoms with Crippen LogP contribution in [0.4, 0.5) is 21.9 Å². The van der Waals surface area contributed by atoms with Crippen LogP contribution in [0.25, 0.3) is 18.2 Å². The lowest BCUT2D eigenvalue weighted by Crippen LogP contribution is -2.27. The molecule has 3 heterocycles. The number of carbonyl (C=O) groups is 4. The Bertz CT molecular complexity index is 3120. The van der Waals surface area contributed by atoms with E-state index in [9.17, 15) is 24.3 Å². The van der Waals surface area contributed by atoms with E-state index in [4.69, 9.17) is 38.0 Å². The van der Waals surface area contributed by atoms with Crippen molar-refractivity contribution >= 4 is 132 Å². The van der Waals surface area contributed by atoms with E-state index in [1.54, 1.807) is 81.0 Å². The van der Waals surface area contributed by atoms with E-state index in [0.717, 1.165) is 44.2 Å². The van der Waals surface area contributed by atoms with Crippen molar-refractivity contribution in [3.63, 3.8) is 0 Å². The van der Waals surface area contributed by atoms with E-state index in [1.807, 2.05) is 105 Å². The first-order valence-corrected chi connectivity index (χ1v) is 24.3. The van der Waals surface area contributed by atoms with Gasteiger partial charge in [-0.05, 0) is 142 Å². The van der Waals surface area contributed by atoms with Crippen LogP contribution in [0, 0.1) is 6.92 Å². The average Bonchev–Trinajstić information content (AvgIpc) is 3.96. The predicted octanol–water partition coefficient (Wildman–Crippen LogP) is 12.6. The number of phenolic OH excluding ortho intramolecular Hbond substituents is 1. The van der Waals surface area contributed by atoms with Gasteiger partial charge >= 0.3 is 5.97 Å². The minimum atomic E-state index is -0.478. The molecule has 0 aromatic heterocycles. The number of aliphatic imine (C=N–C) groups is 1. The lowest BCUT2D eigenvalue weighted by molar-refractivity contribution is -0.130. The van der Waals surface area contributed by atoms with Crippen molar-refractivity contribution in [3.8, 4) is 17.2 Å². The second kappa shape index (κ2) is 23.1. The monoisotopic (exact) mass is 1070 g/mol. The van der Waals surface area contributed by atoms with Gasteiger partial charge in [0, 0.05) is 23.6 Å². The third-order valence-electron chi connectivity index (χ3n) is 10.3. The zero-order valence-corrected chi connectivity index (χ0v) is 42.9. The molecule has 0 spiro atoms. The molecule has 1 N–H and O–H groups in total. The smallest absolute Gasteiger partial charge is 0.363 e. The molecule has 3 aliphatic heterocycles. The number of hydrogen-bond acceptors (Lipinski definition) is 13. The SMILES string of the molecule is COc1ccccc1C1=N/C(=C\c2ccc(N(C)C)c(Br)c2)C(=O)O1.COc1ccccc1N1C(=O)/C(=C/c2ccc(Cl)cc2)SC1=S.Cc1ccc(N2C(=O)S/C(=C\c3ccc(O)cc3)C2=O)cc1. The van der Waals surface area contributed by atoms with Gasteiger partial charge in [0.25, 0.3) is 17.1 Å². The highest BCUT2D eigenvalue weighted by Gasteiger charge is 2.37. The van der Waals surface area contributed by atoms with E-state index in [1.165, 1.54) is 33.7 Å². The largest absolute Gasteiger partial charge is 0.508 e. The number of hydrogen-bond donors (Lipinski definition) is 1. The number of anilines is 3. The summed E-state index contributed by atoms with van der Waals surface area (Å²) < 4.78 is 17.4. The molecule has 0 unspecified atom stereocenters. The fourth-order valence-electron chi connectivity index (χ4n) is 6.79. The van der Waals surface area contributed by atoms with Gasteiger partial charge < -0.3 is 24.2 Å². The van der Waals surface area contributed by atoms with Gasteiger partial charge in [-0.15, -0.1) is 0 Å². The highest BCUT2D eigenvalue weighted by molar-refractivity contribution is 9.10. The molecule has 17 heteroatoms. The van der Waals surface area contributed by atoms with E-state index < -0.39 is 5.97 Å². The predicted molar refractivity (Wildman–Crippen MR) is 290 cm³/mol. The number of ether oxygens (including phenoxy) is 3. The van der Waals surface area contributed by atoms with Gasteiger partial charge in [-0.1, -0.05) is 108 Å². The molecule has 0 bridgehead atoms. The molecule has 0 aliphatic carbocycles. The topological polar surface area (TPSA) is 138 Å². The Labute approximate surface area is 432 Å². The summed E-state index contributed by atoms with van der Waals surface area (Å²) in [6, 6.07) is 41.4. The minimum absolute atomic E-state index is 0.153. The Morgan fingerprint density at radius 1 is 0.714 bits per heavy atom. The third kappa shape index (κ3) is 12.3. The maximum atomic E-state index is 12.7. The number of nitrogens with zero attached hydrogens (tertiary/aromatic N) is 4. The van der Waals surface area contributed by atoms with Crippen LogP contribution < -0.4 is 24.2 Å².